The first-order valence-electron chi connectivity index (χ1n) is 22.1. The number of ketones is 1. The Morgan fingerprint density at radius 1 is 1.03 bits per heavy atom. The van der Waals surface area contributed by atoms with Gasteiger partial charge in [-0.05, 0) is 88.4 Å². The smallest absolute Gasteiger partial charge is 0.240 e. The van der Waals surface area contributed by atoms with E-state index in [1.54, 1.807) is 31.1 Å². The van der Waals surface area contributed by atoms with Gasteiger partial charge in [-0.25, -0.2) is 0 Å². The molecule has 3 saturated carbocycles. The number of allylic oxidation sites excluding steroid dienone is 1. The van der Waals surface area contributed by atoms with Gasteiger partial charge in [0.05, 0.1) is 35.3 Å². The lowest BCUT2D eigenvalue weighted by molar-refractivity contribution is -0.345. The SMILES string of the molecule is COCCCOC1CCC2(C)C(C1)C(=O)C=C1C3(O)CCC4C(C)(O)C(O)(O)C5OC6C(C7C=CC6(O)NC7C(=O)N6CC6CC#CC12CCC43C)C5CNCC(C)O. The zero-order valence-corrected chi connectivity index (χ0v) is 35.2. The minimum absolute atomic E-state index is 0.0696. The Labute approximate surface area is 347 Å². The molecule has 6 fully saturated rings. The number of nitrogens with zero attached hydrogens (tertiary/aromatic N) is 1. The van der Waals surface area contributed by atoms with Crippen molar-refractivity contribution in [1.82, 2.24) is 15.5 Å². The number of carbonyl (C=O) groups excluding carboxylic acids is 2. The lowest BCUT2D eigenvalue weighted by Crippen LogP contribution is -2.71. The van der Waals surface area contributed by atoms with Crippen molar-refractivity contribution < 1.29 is 54.4 Å². The fourth-order valence-corrected chi connectivity index (χ4v) is 14.0. The molecule has 326 valence electrons. The van der Waals surface area contributed by atoms with Crippen LogP contribution >= 0.6 is 0 Å². The monoisotopic (exact) mass is 823 g/mol. The van der Waals surface area contributed by atoms with E-state index < -0.39 is 92.9 Å². The van der Waals surface area contributed by atoms with Gasteiger partial charge in [-0.15, -0.1) is 5.92 Å². The van der Waals surface area contributed by atoms with Crippen molar-refractivity contribution in [1.29, 1.82) is 0 Å². The van der Waals surface area contributed by atoms with Gasteiger partial charge in [-0.3, -0.25) is 14.9 Å². The van der Waals surface area contributed by atoms with E-state index in [0.29, 0.717) is 57.4 Å². The molecule has 17 atom stereocenters. The van der Waals surface area contributed by atoms with E-state index in [1.165, 1.54) is 6.92 Å². The van der Waals surface area contributed by atoms with Gasteiger partial charge in [0.25, 0.3) is 0 Å². The Morgan fingerprint density at radius 2 is 1.81 bits per heavy atom. The van der Waals surface area contributed by atoms with E-state index in [1.807, 2.05) is 13.0 Å². The normalized spacial score (nSPS) is 50.6. The molecule has 9 bridgehead atoms. The number of fused-ring (bicyclic) bond motifs is 4. The van der Waals surface area contributed by atoms with Crippen molar-refractivity contribution in [3.63, 3.8) is 0 Å². The first-order valence-corrected chi connectivity index (χ1v) is 22.1. The maximum absolute atomic E-state index is 14.5. The molecule has 14 heteroatoms. The molecule has 6 heterocycles. The molecule has 17 unspecified atom stereocenters. The van der Waals surface area contributed by atoms with Gasteiger partial charge in [-0.1, -0.05) is 25.8 Å². The summed E-state index contributed by atoms with van der Waals surface area (Å²) >= 11 is 0. The molecular formula is C45H65N3O11. The molecule has 0 aromatic rings. The third-order valence-corrected chi connectivity index (χ3v) is 17.4. The fourth-order valence-electron chi connectivity index (χ4n) is 14.0. The summed E-state index contributed by atoms with van der Waals surface area (Å²) in [5.74, 6) is 1.00. The maximum Gasteiger partial charge on any atom is 0.240 e. The van der Waals surface area contributed by atoms with Crippen molar-refractivity contribution in [3.8, 4) is 11.8 Å². The predicted molar refractivity (Wildman–Crippen MR) is 213 cm³/mol. The molecular weight excluding hydrogens is 759 g/mol. The Bertz CT molecular complexity index is 1860. The largest absolute Gasteiger partial charge is 0.392 e. The molecule has 0 aromatic heterocycles. The second kappa shape index (κ2) is 14.1. The molecule has 6 aliphatic heterocycles. The molecule has 14 nitrogen and oxygen atoms in total. The molecule has 5 aliphatic carbocycles. The maximum atomic E-state index is 14.5. The fraction of sp³-hybridized carbons (Fsp3) is 0.822. The van der Waals surface area contributed by atoms with Crippen molar-refractivity contribution in [2.45, 2.75) is 145 Å². The Morgan fingerprint density at radius 3 is 2.56 bits per heavy atom. The standard InChI is InChI=1S/C45H65N3O11/c1-25(49)22-46-23-29-34-28-10-15-44(54)37(34)59-36(29)45(55,56)41(4,52)32-11-14-43(53)33-21-31(50)30-20-27(58-19-7-18-57-5)9-13-39(30,2)42(33,17-16-40(32,43)3)12-6-8-26-24-48(26)38(51)35(28)47-44/h10,15,21,25-30,32,34-37,46-47,49,52-56H,7-9,11,13-14,16-20,22-24H2,1-5H3. The third kappa shape index (κ3) is 5.86. The molecule has 59 heavy (non-hydrogen) atoms. The molecule has 0 aromatic carbocycles. The van der Waals surface area contributed by atoms with Crippen LogP contribution in [0.25, 0.3) is 0 Å². The second-order valence-electron chi connectivity index (χ2n) is 20.5. The van der Waals surface area contributed by atoms with Crippen molar-refractivity contribution in [3.05, 3.63) is 23.8 Å². The number of hydrogen-bond acceptors (Lipinski definition) is 13. The van der Waals surface area contributed by atoms with Crippen LogP contribution in [0.4, 0.5) is 0 Å². The van der Waals surface area contributed by atoms with Crippen LogP contribution < -0.4 is 10.6 Å². The summed E-state index contributed by atoms with van der Waals surface area (Å²) in [6, 6.07) is -0.971. The molecule has 1 amide bonds. The summed E-state index contributed by atoms with van der Waals surface area (Å²) in [5, 5.41) is 80.1. The van der Waals surface area contributed by atoms with Crippen LogP contribution in [0.5, 0.6) is 0 Å². The van der Waals surface area contributed by atoms with Crippen LogP contribution in [0.2, 0.25) is 0 Å². The lowest BCUT2D eigenvalue weighted by Gasteiger charge is -2.64. The highest BCUT2D eigenvalue weighted by molar-refractivity contribution is 5.96. The van der Waals surface area contributed by atoms with E-state index >= 15 is 0 Å². The van der Waals surface area contributed by atoms with Gasteiger partial charge >= 0.3 is 0 Å². The molecule has 11 rings (SSSR count). The van der Waals surface area contributed by atoms with Crippen LogP contribution in [0, 0.1) is 57.7 Å². The molecule has 8 N–H and O–H groups in total. The number of carbonyl (C=O) groups is 2. The quantitative estimate of drug-likeness (QED) is 0.0525. The van der Waals surface area contributed by atoms with Crippen LogP contribution in [0.3, 0.4) is 0 Å². The molecule has 0 radical (unpaired) electrons. The highest BCUT2D eigenvalue weighted by atomic mass is 16.6. The summed E-state index contributed by atoms with van der Waals surface area (Å²) in [5.41, 5.74) is -7.81. The van der Waals surface area contributed by atoms with Crippen LogP contribution in [-0.4, -0.2) is 146 Å². The van der Waals surface area contributed by atoms with Gasteiger partial charge in [0.2, 0.25) is 11.7 Å². The zero-order chi connectivity index (χ0) is 42.1. The summed E-state index contributed by atoms with van der Waals surface area (Å²) in [4.78, 5) is 30.6. The highest BCUT2D eigenvalue weighted by Crippen LogP contribution is 2.73. The highest BCUT2D eigenvalue weighted by Gasteiger charge is 2.76. The first-order chi connectivity index (χ1) is 27.8. The van der Waals surface area contributed by atoms with Crippen LogP contribution in [0.1, 0.15) is 85.5 Å². The van der Waals surface area contributed by atoms with Gasteiger partial charge in [0.15, 0.2) is 11.5 Å². The number of methoxy groups -OCH3 is 1. The van der Waals surface area contributed by atoms with E-state index in [-0.39, 0.29) is 49.8 Å². The first kappa shape index (κ1) is 42.1. The number of ether oxygens (including phenoxy) is 3. The number of nitrogens with one attached hydrogen (secondary N) is 2. The third-order valence-electron chi connectivity index (χ3n) is 17.4. The van der Waals surface area contributed by atoms with Crippen molar-refractivity contribution >= 4 is 11.7 Å². The minimum Gasteiger partial charge on any atom is -0.392 e. The summed E-state index contributed by atoms with van der Waals surface area (Å²) in [7, 11) is 1.66. The van der Waals surface area contributed by atoms with Gasteiger partial charge in [-0.2, -0.15) is 0 Å². The van der Waals surface area contributed by atoms with E-state index in [9.17, 15) is 40.2 Å². The minimum atomic E-state index is -2.92. The number of piperidine rings is 1. The molecule has 1 spiro atoms. The van der Waals surface area contributed by atoms with E-state index in [4.69, 9.17) is 14.2 Å². The number of amides is 1. The number of aliphatic hydroxyl groups is 6. The molecule has 3 saturated heterocycles. The summed E-state index contributed by atoms with van der Waals surface area (Å²) in [6.07, 6.45) is 6.17. The van der Waals surface area contributed by atoms with Crippen LogP contribution in [0.15, 0.2) is 23.8 Å². The van der Waals surface area contributed by atoms with E-state index in [0.717, 1.165) is 12.8 Å². The van der Waals surface area contributed by atoms with Crippen molar-refractivity contribution in [2.24, 2.45) is 45.8 Å². The Kier molecular flexibility index (Phi) is 10.1. The molecule has 11 aliphatic rings. The van der Waals surface area contributed by atoms with Crippen molar-refractivity contribution in [2.75, 3.05) is 40.0 Å². The van der Waals surface area contributed by atoms with Gasteiger partial charge < -0.3 is 55.1 Å². The van der Waals surface area contributed by atoms with E-state index in [2.05, 4.69) is 29.4 Å². The predicted octanol–water partition coefficient (Wildman–Crippen LogP) is 0.518. The number of rotatable bonds is 9. The topological polar surface area (TPSA) is 210 Å². The summed E-state index contributed by atoms with van der Waals surface area (Å²) in [6.45, 7) is 9.05. The number of hydrogen-bond donors (Lipinski definition) is 8. The number of aliphatic hydroxyl groups excluding tert-OH is 1. The average Bonchev–Trinajstić information content (AvgIpc) is 3.74. The lowest BCUT2D eigenvalue weighted by atomic mass is 9.39. The Balaban J connectivity index is 1.14. The Hall–Kier alpha value is -2.26. The van der Waals surface area contributed by atoms with Gasteiger partial charge in [0.1, 0.15) is 17.8 Å². The van der Waals surface area contributed by atoms with Gasteiger partial charge in [0, 0.05) is 81.4 Å². The second-order valence-corrected chi connectivity index (χ2v) is 20.5. The summed E-state index contributed by atoms with van der Waals surface area (Å²) < 4.78 is 18.1. The average molecular weight is 824 g/mol. The zero-order valence-electron chi connectivity index (χ0n) is 35.2. The van der Waals surface area contributed by atoms with Crippen LogP contribution in [-0.2, 0) is 23.8 Å².